The SMILES string of the molecule is C[C@H](NC(=O)[C@@H]1CCCN(C(=O)c2ccc(F)cc2)C1)c1ccc(F)cc1. The molecule has 2 amide bonds. The summed E-state index contributed by atoms with van der Waals surface area (Å²) in [5, 5.41) is 2.94. The molecule has 0 bridgehead atoms. The maximum atomic E-state index is 13.0. The predicted molar refractivity (Wildman–Crippen MR) is 98.0 cm³/mol. The van der Waals surface area contributed by atoms with Crippen LogP contribution in [0.3, 0.4) is 0 Å². The number of nitrogens with zero attached hydrogens (tertiary/aromatic N) is 1. The molecule has 0 spiro atoms. The summed E-state index contributed by atoms with van der Waals surface area (Å²) in [6.45, 7) is 2.75. The van der Waals surface area contributed by atoms with Crippen LogP contribution >= 0.6 is 0 Å². The topological polar surface area (TPSA) is 49.4 Å². The Morgan fingerprint density at radius 3 is 2.26 bits per heavy atom. The van der Waals surface area contributed by atoms with Gasteiger partial charge in [0.2, 0.25) is 5.91 Å². The molecule has 0 saturated carbocycles. The maximum absolute atomic E-state index is 13.0. The van der Waals surface area contributed by atoms with Gasteiger partial charge < -0.3 is 10.2 Å². The van der Waals surface area contributed by atoms with Crippen molar-refractivity contribution in [2.45, 2.75) is 25.8 Å². The fourth-order valence-corrected chi connectivity index (χ4v) is 3.32. The Morgan fingerprint density at radius 1 is 1.04 bits per heavy atom. The number of halogens is 2. The Bertz CT molecular complexity index is 806. The summed E-state index contributed by atoms with van der Waals surface area (Å²) in [4.78, 5) is 26.9. The molecule has 3 rings (SSSR count). The van der Waals surface area contributed by atoms with Gasteiger partial charge in [-0.2, -0.15) is 0 Å². The molecule has 0 aromatic heterocycles. The van der Waals surface area contributed by atoms with Crippen LogP contribution in [0.4, 0.5) is 8.78 Å². The van der Waals surface area contributed by atoms with Gasteiger partial charge in [0.15, 0.2) is 0 Å². The van der Waals surface area contributed by atoms with Crippen molar-refractivity contribution >= 4 is 11.8 Å². The molecular formula is C21H22F2N2O2. The van der Waals surface area contributed by atoms with Crippen molar-refractivity contribution in [2.75, 3.05) is 13.1 Å². The number of rotatable bonds is 4. The Labute approximate surface area is 157 Å². The minimum absolute atomic E-state index is 0.122. The van der Waals surface area contributed by atoms with Crippen LogP contribution in [0.25, 0.3) is 0 Å². The smallest absolute Gasteiger partial charge is 0.253 e. The zero-order chi connectivity index (χ0) is 19.4. The highest BCUT2D eigenvalue weighted by molar-refractivity contribution is 5.94. The van der Waals surface area contributed by atoms with Gasteiger partial charge in [-0.05, 0) is 61.7 Å². The summed E-state index contributed by atoms with van der Waals surface area (Å²) >= 11 is 0. The second kappa shape index (κ2) is 8.29. The number of nitrogens with one attached hydrogen (secondary N) is 1. The number of piperidine rings is 1. The van der Waals surface area contributed by atoms with Gasteiger partial charge in [-0.1, -0.05) is 12.1 Å². The Balaban J connectivity index is 1.61. The van der Waals surface area contributed by atoms with E-state index in [0.29, 0.717) is 25.1 Å². The van der Waals surface area contributed by atoms with Crippen LogP contribution < -0.4 is 5.32 Å². The number of amides is 2. The van der Waals surface area contributed by atoms with Gasteiger partial charge in [-0.25, -0.2) is 8.78 Å². The predicted octanol–water partition coefficient (Wildman–Crippen LogP) is 3.69. The van der Waals surface area contributed by atoms with Gasteiger partial charge in [0.1, 0.15) is 11.6 Å². The first-order chi connectivity index (χ1) is 12.9. The van der Waals surface area contributed by atoms with Gasteiger partial charge in [-0.3, -0.25) is 9.59 Å². The number of likely N-dealkylation sites (tertiary alicyclic amines) is 1. The fourth-order valence-electron chi connectivity index (χ4n) is 3.32. The molecule has 0 unspecified atom stereocenters. The summed E-state index contributed by atoms with van der Waals surface area (Å²) in [7, 11) is 0. The summed E-state index contributed by atoms with van der Waals surface area (Å²) in [6.07, 6.45) is 1.44. The quantitative estimate of drug-likeness (QED) is 0.890. The second-order valence-corrected chi connectivity index (χ2v) is 6.88. The lowest BCUT2D eigenvalue weighted by Crippen LogP contribution is -2.45. The molecule has 1 aliphatic heterocycles. The molecule has 1 N–H and O–H groups in total. The molecule has 142 valence electrons. The van der Waals surface area contributed by atoms with E-state index in [4.69, 9.17) is 0 Å². The summed E-state index contributed by atoms with van der Waals surface area (Å²) in [5.74, 6) is -1.33. The van der Waals surface area contributed by atoms with Crippen LogP contribution in [0.2, 0.25) is 0 Å². The van der Waals surface area contributed by atoms with E-state index >= 15 is 0 Å². The molecule has 2 aromatic rings. The zero-order valence-electron chi connectivity index (χ0n) is 15.1. The van der Waals surface area contributed by atoms with E-state index in [1.807, 2.05) is 6.92 Å². The third-order valence-corrected chi connectivity index (χ3v) is 4.90. The van der Waals surface area contributed by atoms with Gasteiger partial charge in [0.25, 0.3) is 5.91 Å². The van der Waals surface area contributed by atoms with Gasteiger partial charge >= 0.3 is 0 Å². The molecule has 1 saturated heterocycles. The van der Waals surface area contributed by atoms with Gasteiger partial charge in [-0.15, -0.1) is 0 Å². The lowest BCUT2D eigenvalue weighted by molar-refractivity contribution is -0.127. The van der Waals surface area contributed by atoms with E-state index in [1.54, 1.807) is 17.0 Å². The van der Waals surface area contributed by atoms with Gasteiger partial charge in [0.05, 0.1) is 12.0 Å². The number of benzene rings is 2. The van der Waals surface area contributed by atoms with Crippen molar-refractivity contribution in [1.29, 1.82) is 0 Å². The van der Waals surface area contributed by atoms with Crippen LogP contribution in [0.5, 0.6) is 0 Å². The van der Waals surface area contributed by atoms with E-state index in [2.05, 4.69) is 5.32 Å². The fraction of sp³-hybridized carbons (Fsp3) is 0.333. The number of carbonyl (C=O) groups excluding carboxylic acids is 2. The van der Waals surface area contributed by atoms with E-state index < -0.39 is 5.82 Å². The monoisotopic (exact) mass is 372 g/mol. The third-order valence-electron chi connectivity index (χ3n) is 4.90. The molecule has 0 aliphatic carbocycles. The number of carbonyl (C=O) groups is 2. The summed E-state index contributed by atoms with van der Waals surface area (Å²) in [6, 6.07) is 11.2. The van der Waals surface area contributed by atoms with E-state index in [1.165, 1.54) is 36.4 Å². The average molecular weight is 372 g/mol. The normalized spacial score (nSPS) is 18.0. The molecule has 4 nitrogen and oxygen atoms in total. The number of hydrogen-bond donors (Lipinski definition) is 1. The van der Waals surface area contributed by atoms with Gasteiger partial charge in [0, 0.05) is 18.7 Å². The van der Waals surface area contributed by atoms with E-state index in [0.717, 1.165) is 12.0 Å². The lowest BCUT2D eigenvalue weighted by Gasteiger charge is -2.32. The lowest BCUT2D eigenvalue weighted by atomic mass is 9.95. The van der Waals surface area contributed by atoms with Crippen LogP contribution in [0.15, 0.2) is 48.5 Å². The van der Waals surface area contributed by atoms with Crippen molar-refractivity contribution in [3.8, 4) is 0 Å². The highest BCUT2D eigenvalue weighted by Crippen LogP contribution is 2.21. The molecular weight excluding hydrogens is 350 g/mol. The molecule has 1 aliphatic rings. The van der Waals surface area contributed by atoms with Crippen molar-refractivity contribution in [3.05, 3.63) is 71.3 Å². The van der Waals surface area contributed by atoms with E-state index in [-0.39, 0.29) is 29.6 Å². The Hall–Kier alpha value is -2.76. The molecule has 1 heterocycles. The average Bonchev–Trinajstić information content (AvgIpc) is 2.68. The largest absolute Gasteiger partial charge is 0.349 e. The summed E-state index contributed by atoms with van der Waals surface area (Å²) < 4.78 is 26.1. The molecule has 0 radical (unpaired) electrons. The molecule has 2 aromatic carbocycles. The second-order valence-electron chi connectivity index (χ2n) is 6.88. The van der Waals surface area contributed by atoms with Crippen molar-refractivity contribution in [2.24, 2.45) is 5.92 Å². The Kier molecular flexibility index (Phi) is 5.84. The first kappa shape index (κ1) is 19.0. The van der Waals surface area contributed by atoms with Crippen molar-refractivity contribution in [1.82, 2.24) is 10.2 Å². The molecule has 2 atom stereocenters. The number of hydrogen-bond acceptors (Lipinski definition) is 2. The molecule has 1 fully saturated rings. The standard InChI is InChI=1S/C21H22F2N2O2/c1-14(15-4-8-18(22)9-5-15)24-20(26)17-3-2-12-25(13-17)21(27)16-6-10-19(23)11-7-16/h4-11,14,17H,2-3,12-13H2,1H3,(H,24,26)/t14-,17+/m0/s1. The maximum Gasteiger partial charge on any atom is 0.253 e. The first-order valence-corrected chi connectivity index (χ1v) is 9.04. The van der Waals surface area contributed by atoms with Crippen LogP contribution in [0.1, 0.15) is 41.7 Å². The van der Waals surface area contributed by atoms with Crippen LogP contribution in [-0.4, -0.2) is 29.8 Å². The molecule has 27 heavy (non-hydrogen) atoms. The Morgan fingerprint density at radius 2 is 1.63 bits per heavy atom. The van der Waals surface area contributed by atoms with Crippen LogP contribution in [0, 0.1) is 17.6 Å². The highest BCUT2D eigenvalue weighted by atomic mass is 19.1. The summed E-state index contributed by atoms with van der Waals surface area (Å²) in [5.41, 5.74) is 1.23. The first-order valence-electron chi connectivity index (χ1n) is 9.04. The van der Waals surface area contributed by atoms with E-state index in [9.17, 15) is 18.4 Å². The van der Waals surface area contributed by atoms with Crippen molar-refractivity contribution in [3.63, 3.8) is 0 Å². The minimum atomic E-state index is -0.391. The minimum Gasteiger partial charge on any atom is -0.349 e. The highest BCUT2D eigenvalue weighted by Gasteiger charge is 2.29. The zero-order valence-corrected chi connectivity index (χ0v) is 15.1. The molecule has 6 heteroatoms. The van der Waals surface area contributed by atoms with Crippen molar-refractivity contribution < 1.29 is 18.4 Å². The third kappa shape index (κ3) is 4.70. The van der Waals surface area contributed by atoms with Crippen LogP contribution in [-0.2, 0) is 4.79 Å².